The summed E-state index contributed by atoms with van der Waals surface area (Å²) in [5.74, 6) is 0.187. The van der Waals surface area contributed by atoms with E-state index in [1.54, 1.807) is 24.3 Å². The van der Waals surface area contributed by atoms with Gasteiger partial charge in [0.05, 0.1) is 33.9 Å². The molecule has 40 heavy (non-hydrogen) atoms. The van der Waals surface area contributed by atoms with Crippen LogP contribution in [-0.4, -0.2) is 22.1 Å². The number of carbonyl (C=O) groups is 1. The Morgan fingerprint density at radius 2 is 1.70 bits per heavy atom. The Hall–Kier alpha value is -3.95. The van der Waals surface area contributed by atoms with Gasteiger partial charge >= 0.3 is 6.18 Å². The third-order valence-electron chi connectivity index (χ3n) is 6.05. The van der Waals surface area contributed by atoms with Crippen LogP contribution in [0, 0.1) is 0 Å². The highest BCUT2D eigenvalue weighted by Crippen LogP contribution is 2.40. The average Bonchev–Trinajstić information content (AvgIpc) is 3.31. The molecular weight excluding hydrogens is 559 g/mol. The van der Waals surface area contributed by atoms with Crippen molar-refractivity contribution >= 4 is 46.0 Å². The Bertz CT molecular complexity index is 1640. The minimum Gasteiger partial charge on any atom is -0.494 e. The number of benzene rings is 4. The number of imidazole rings is 1. The fraction of sp³-hybridized carbons (Fsp3) is 0.133. The zero-order valence-corrected chi connectivity index (χ0v) is 22.7. The first-order valence-corrected chi connectivity index (χ1v) is 13.6. The minimum atomic E-state index is -4.58. The van der Waals surface area contributed by atoms with Gasteiger partial charge in [0.15, 0.2) is 5.16 Å². The number of aromatic nitrogens is 2. The lowest BCUT2D eigenvalue weighted by molar-refractivity contribution is -0.137. The second-order valence-corrected chi connectivity index (χ2v) is 10.2. The van der Waals surface area contributed by atoms with Crippen molar-refractivity contribution in [2.45, 2.75) is 23.5 Å². The summed E-state index contributed by atoms with van der Waals surface area (Å²) in [4.78, 5) is 18.5. The van der Waals surface area contributed by atoms with Crippen LogP contribution < -0.4 is 10.1 Å². The molecule has 204 valence electrons. The number of amides is 1. The van der Waals surface area contributed by atoms with E-state index in [9.17, 15) is 18.0 Å². The summed E-state index contributed by atoms with van der Waals surface area (Å²) < 4.78 is 47.6. The van der Waals surface area contributed by atoms with Crippen LogP contribution in [0.15, 0.2) is 102 Å². The monoisotopic (exact) mass is 581 g/mol. The van der Waals surface area contributed by atoms with Gasteiger partial charge in [0.2, 0.25) is 5.91 Å². The maximum absolute atomic E-state index is 13.7. The number of rotatable bonds is 8. The molecule has 1 aromatic heterocycles. The van der Waals surface area contributed by atoms with E-state index >= 15 is 0 Å². The predicted octanol–water partition coefficient (Wildman–Crippen LogP) is 8.57. The Morgan fingerprint density at radius 3 is 2.40 bits per heavy atom. The van der Waals surface area contributed by atoms with Gasteiger partial charge in [0, 0.05) is 5.69 Å². The van der Waals surface area contributed by atoms with Crippen molar-refractivity contribution in [2.24, 2.45) is 0 Å². The lowest BCUT2D eigenvalue weighted by atomic mass is 10.1. The third-order valence-corrected chi connectivity index (χ3v) is 7.59. The number of anilines is 1. The number of ether oxygens (including phenoxy) is 1. The van der Waals surface area contributed by atoms with Gasteiger partial charge in [-0.05, 0) is 67.1 Å². The SMILES string of the molecule is CCOc1ccc(-n2c(S[C@H](C(=O)Nc3cc(C(F)(F)F)ccc3Cl)c3ccccc3)nc3ccccc32)cc1. The molecule has 5 rings (SSSR count). The normalized spacial score (nSPS) is 12.3. The van der Waals surface area contributed by atoms with Gasteiger partial charge < -0.3 is 10.1 Å². The highest BCUT2D eigenvalue weighted by molar-refractivity contribution is 8.00. The van der Waals surface area contributed by atoms with E-state index in [4.69, 9.17) is 21.3 Å². The van der Waals surface area contributed by atoms with Gasteiger partial charge in [-0.25, -0.2) is 4.98 Å². The summed E-state index contributed by atoms with van der Waals surface area (Å²) >= 11 is 7.37. The summed E-state index contributed by atoms with van der Waals surface area (Å²) in [6.07, 6.45) is -4.58. The molecule has 5 aromatic rings. The number of hydrogen-bond donors (Lipinski definition) is 1. The van der Waals surface area contributed by atoms with Crippen LogP contribution in [0.2, 0.25) is 5.02 Å². The van der Waals surface area contributed by atoms with Gasteiger partial charge in [0.25, 0.3) is 0 Å². The first kappa shape index (κ1) is 27.6. The molecule has 1 atom stereocenters. The van der Waals surface area contributed by atoms with Crippen molar-refractivity contribution in [3.05, 3.63) is 113 Å². The van der Waals surface area contributed by atoms with E-state index in [1.807, 2.05) is 66.1 Å². The molecule has 0 saturated carbocycles. The number of carbonyl (C=O) groups excluding carboxylic acids is 1. The molecule has 4 aromatic carbocycles. The molecule has 0 aliphatic heterocycles. The first-order chi connectivity index (χ1) is 19.2. The van der Waals surface area contributed by atoms with E-state index in [1.165, 1.54) is 11.8 Å². The minimum absolute atomic E-state index is 0.000196. The van der Waals surface area contributed by atoms with Gasteiger partial charge in [-0.2, -0.15) is 13.2 Å². The highest BCUT2D eigenvalue weighted by Gasteiger charge is 2.32. The van der Waals surface area contributed by atoms with Gasteiger partial charge in [0.1, 0.15) is 11.0 Å². The molecule has 0 fully saturated rings. The fourth-order valence-corrected chi connectivity index (χ4v) is 5.49. The molecule has 0 bridgehead atoms. The summed E-state index contributed by atoms with van der Waals surface area (Å²) in [5.41, 5.74) is 2.00. The van der Waals surface area contributed by atoms with Crippen LogP contribution in [0.4, 0.5) is 18.9 Å². The lowest BCUT2D eigenvalue weighted by Crippen LogP contribution is -2.20. The number of para-hydroxylation sites is 2. The summed E-state index contributed by atoms with van der Waals surface area (Å²) in [6, 6.07) is 26.9. The van der Waals surface area contributed by atoms with Crippen molar-refractivity contribution in [2.75, 3.05) is 11.9 Å². The highest BCUT2D eigenvalue weighted by atomic mass is 35.5. The molecule has 0 aliphatic rings. The van der Waals surface area contributed by atoms with Gasteiger partial charge in [-0.15, -0.1) is 0 Å². The topological polar surface area (TPSA) is 56.1 Å². The Labute approximate surface area is 237 Å². The Morgan fingerprint density at radius 1 is 1.00 bits per heavy atom. The van der Waals surface area contributed by atoms with E-state index < -0.39 is 22.9 Å². The zero-order chi connectivity index (χ0) is 28.3. The van der Waals surface area contributed by atoms with Crippen LogP contribution in [0.3, 0.4) is 0 Å². The number of nitrogens with one attached hydrogen (secondary N) is 1. The van der Waals surface area contributed by atoms with Gasteiger partial charge in [-0.1, -0.05) is 65.8 Å². The van der Waals surface area contributed by atoms with E-state index in [0.717, 1.165) is 40.7 Å². The van der Waals surface area contributed by atoms with E-state index in [2.05, 4.69) is 5.32 Å². The van der Waals surface area contributed by atoms with Crippen molar-refractivity contribution in [3.8, 4) is 11.4 Å². The van der Waals surface area contributed by atoms with Crippen molar-refractivity contribution in [1.82, 2.24) is 9.55 Å². The van der Waals surface area contributed by atoms with Crippen LogP contribution in [0.5, 0.6) is 5.75 Å². The molecule has 0 spiro atoms. The van der Waals surface area contributed by atoms with Gasteiger partial charge in [-0.3, -0.25) is 9.36 Å². The molecule has 0 aliphatic carbocycles. The van der Waals surface area contributed by atoms with Crippen LogP contribution in [-0.2, 0) is 11.0 Å². The Balaban J connectivity index is 1.55. The summed E-state index contributed by atoms with van der Waals surface area (Å²) in [6.45, 7) is 2.45. The molecular formula is C30H23ClF3N3O2S. The second kappa shape index (κ2) is 11.7. The first-order valence-electron chi connectivity index (χ1n) is 12.3. The molecule has 5 nitrogen and oxygen atoms in total. The maximum Gasteiger partial charge on any atom is 0.416 e. The lowest BCUT2D eigenvalue weighted by Gasteiger charge is -2.19. The number of hydrogen-bond acceptors (Lipinski definition) is 4. The van der Waals surface area contributed by atoms with Crippen molar-refractivity contribution < 1.29 is 22.7 Å². The zero-order valence-electron chi connectivity index (χ0n) is 21.2. The molecule has 0 unspecified atom stereocenters. The largest absolute Gasteiger partial charge is 0.494 e. The molecule has 1 amide bonds. The van der Waals surface area contributed by atoms with Crippen LogP contribution >= 0.6 is 23.4 Å². The van der Waals surface area contributed by atoms with E-state index in [-0.39, 0.29) is 10.7 Å². The number of thioether (sulfide) groups is 1. The number of halogens is 4. The predicted molar refractivity (Wildman–Crippen MR) is 152 cm³/mol. The van der Waals surface area contributed by atoms with E-state index in [0.29, 0.717) is 17.3 Å². The van der Waals surface area contributed by atoms with Crippen LogP contribution in [0.1, 0.15) is 23.3 Å². The fourth-order valence-electron chi connectivity index (χ4n) is 4.19. The average molecular weight is 582 g/mol. The molecule has 0 radical (unpaired) electrons. The smallest absolute Gasteiger partial charge is 0.416 e. The number of fused-ring (bicyclic) bond motifs is 1. The van der Waals surface area contributed by atoms with Crippen molar-refractivity contribution in [3.63, 3.8) is 0 Å². The molecule has 10 heteroatoms. The Kier molecular flexibility index (Phi) is 8.04. The summed E-state index contributed by atoms with van der Waals surface area (Å²) in [5, 5.41) is 2.29. The molecule has 1 N–H and O–H groups in total. The maximum atomic E-state index is 13.7. The third kappa shape index (κ3) is 5.95. The second-order valence-electron chi connectivity index (χ2n) is 8.74. The number of alkyl halides is 3. The summed E-state index contributed by atoms with van der Waals surface area (Å²) in [7, 11) is 0. The van der Waals surface area contributed by atoms with Crippen molar-refractivity contribution in [1.29, 1.82) is 0 Å². The molecule has 0 saturated heterocycles. The number of nitrogens with zero attached hydrogens (tertiary/aromatic N) is 2. The quantitative estimate of drug-likeness (QED) is 0.186. The van der Waals surface area contributed by atoms with Crippen LogP contribution in [0.25, 0.3) is 16.7 Å². The standard InChI is InChI=1S/C30H23ClF3N3O2S/c1-2-39-22-15-13-21(14-16-22)37-26-11-7-6-10-24(26)36-29(37)40-27(19-8-4-3-5-9-19)28(38)35-25-18-20(30(32,33)34)12-17-23(25)31/h3-18,27H,2H2,1H3,(H,35,38)/t27-/m0/s1. The molecule has 1 heterocycles.